The molecule has 1 heterocycles. The van der Waals surface area contributed by atoms with Crippen molar-refractivity contribution in [2.24, 2.45) is 7.05 Å². The Morgan fingerprint density at radius 1 is 0.871 bits per heavy atom. The van der Waals surface area contributed by atoms with Crippen LogP contribution in [0.15, 0.2) is 88.6 Å². The van der Waals surface area contributed by atoms with E-state index in [9.17, 15) is 18.0 Å². The Morgan fingerprint density at radius 2 is 1.52 bits per heavy atom. The molecule has 0 radical (unpaired) electrons. The van der Waals surface area contributed by atoms with Crippen LogP contribution < -0.4 is 15.6 Å². The lowest BCUT2D eigenvalue weighted by molar-refractivity contribution is 0.102. The Hall–Kier alpha value is -3.98. The SMILES string of the molecule is Cn1nc(C(=O)Nc2cccc(NS(=O)(=O)c3ccccc3)c2)c2ccccc2c1=O. The molecular weight excluding hydrogens is 416 g/mol. The van der Waals surface area contributed by atoms with Crippen LogP contribution in [0.2, 0.25) is 0 Å². The number of rotatable bonds is 5. The van der Waals surface area contributed by atoms with Crippen LogP contribution in [0.1, 0.15) is 10.5 Å². The highest BCUT2D eigenvalue weighted by Gasteiger charge is 2.17. The summed E-state index contributed by atoms with van der Waals surface area (Å²) in [5, 5.41) is 7.63. The van der Waals surface area contributed by atoms with E-state index >= 15 is 0 Å². The Bertz CT molecular complexity index is 1450. The normalized spacial score (nSPS) is 11.3. The largest absolute Gasteiger partial charge is 0.321 e. The number of nitrogens with zero attached hydrogens (tertiary/aromatic N) is 2. The standard InChI is InChI=1S/C22H18N4O4S/c1-26-22(28)19-13-6-5-12-18(19)20(24-26)21(27)23-15-8-7-9-16(14-15)25-31(29,30)17-10-3-2-4-11-17/h2-14,25H,1H3,(H,23,27). The second-order valence-electron chi connectivity index (χ2n) is 6.78. The summed E-state index contributed by atoms with van der Waals surface area (Å²) in [5.74, 6) is -0.519. The summed E-state index contributed by atoms with van der Waals surface area (Å²) < 4.78 is 28.7. The van der Waals surface area contributed by atoms with Gasteiger partial charge in [0, 0.05) is 18.1 Å². The summed E-state index contributed by atoms with van der Waals surface area (Å²) in [6.45, 7) is 0. The molecule has 156 valence electrons. The molecule has 0 aliphatic rings. The summed E-state index contributed by atoms with van der Waals surface area (Å²) in [6, 6.07) is 21.0. The lowest BCUT2D eigenvalue weighted by atomic mass is 10.1. The zero-order valence-corrected chi connectivity index (χ0v) is 17.3. The van der Waals surface area contributed by atoms with Gasteiger partial charge in [0.1, 0.15) is 0 Å². The molecule has 0 aliphatic carbocycles. The third-order valence-corrected chi connectivity index (χ3v) is 5.99. The Labute approximate surface area is 178 Å². The number of benzene rings is 3. The van der Waals surface area contributed by atoms with Gasteiger partial charge in [-0.3, -0.25) is 14.3 Å². The molecule has 0 fully saturated rings. The monoisotopic (exact) mass is 434 g/mol. The van der Waals surface area contributed by atoms with Gasteiger partial charge in [0.2, 0.25) is 0 Å². The van der Waals surface area contributed by atoms with Crippen molar-refractivity contribution in [3.05, 3.63) is 94.9 Å². The van der Waals surface area contributed by atoms with Crippen LogP contribution in [-0.4, -0.2) is 24.1 Å². The average Bonchev–Trinajstić information content (AvgIpc) is 2.77. The van der Waals surface area contributed by atoms with Gasteiger partial charge in [-0.15, -0.1) is 0 Å². The van der Waals surface area contributed by atoms with Crippen molar-refractivity contribution in [3.63, 3.8) is 0 Å². The number of sulfonamides is 1. The highest BCUT2D eigenvalue weighted by Crippen LogP contribution is 2.21. The van der Waals surface area contributed by atoms with Gasteiger partial charge in [0.25, 0.3) is 21.5 Å². The molecule has 0 aliphatic heterocycles. The van der Waals surface area contributed by atoms with Crippen LogP contribution in [0.3, 0.4) is 0 Å². The summed E-state index contributed by atoms with van der Waals surface area (Å²) >= 11 is 0. The second-order valence-corrected chi connectivity index (χ2v) is 8.46. The number of aryl methyl sites for hydroxylation is 1. The molecule has 1 aromatic heterocycles. The van der Waals surface area contributed by atoms with Crippen molar-refractivity contribution in [2.45, 2.75) is 4.90 Å². The predicted molar refractivity (Wildman–Crippen MR) is 119 cm³/mol. The van der Waals surface area contributed by atoms with Crippen LogP contribution in [0.25, 0.3) is 10.8 Å². The maximum atomic E-state index is 12.9. The Balaban J connectivity index is 1.62. The van der Waals surface area contributed by atoms with Crippen molar-refractivity contribution in [1.29, 1.82) is 0 Å². The number of amides is 1. The molecule has 31 heavy (non-hydrogen) atoms. The molecule has 9 heteroatoms. The third-order valence-electron chi connectivity index (χ3n) is 4.60. The van der Waals surface area contributed by atoms with E-state index in [0.29, 0.717) is 22.1 Å². The second kappa shape index (κ2) is 8.04. The van der Waals surface area contributed by atoms with Gasteiger partial charge in [-0.2, -0.15) is 5.10 Å². The molecule has 0 atom stereocenters. The van der Waals surface area contributed by atoms with Crippen molar-refractivity contribution in [3.8, 4) is 0 Å². The van der Waals surface area contributed by atoms with Crippen LogP contribution in [-0.2, 0) is 17.1 Å². The molecule has 0 spiro atoms. The minimum Gasteiger partial charge on any atom is -0.321 e. The number of fused-ring (bicyclic) bond motifs is 1. The number of nitrogens with one attached hydrogen (secondary N) is 2. The quantitative estimate of drug-likeness (QED) is 0.502. The fourth-order valence-corrected chi connectivity index (χ4v) is 4.20. The van der Waals surface area contributed by atoms with E-state index in [1.54, 1.807) is 60.7 Å². The predicted octanol–water partition coefficient (Wildman–Crippen LogP) is 2.99. The average molecular weight is 434 g/mol. The van der Waals surface area contributed by atoms with Crippen molar-refractivity contribution >= 4 is 38.1 Å². The molecule has 3 aromatic carbocycles. The van der Waals surface area contributed by atoms with Crippen LogP contribution in [0.5, 0.6) is 0 Å². The van der Waals surface area contributed by atoms with Crippen molar-refractivity contribution < 1.29 is 13.2 Å². The summed E-state index contributed by atoms with van der Waals surface area (Å²) in [4.78, 5) is 25.3. The first-order valence-electron chi connectivity index (χ1n) is 9.30. The third kappa shape index (κ3) is 4.17. The summed E-state index contributed by atoms with van der Waals surface area (Å²) in [7, 11) is -2.29. The van der Waals surface area contributed by atoms with Gasteiger partial charge in [-0.25, -0.2) is 13.1 Å². The van der Waals surface area contributed by atoms with E-state index in [2.05, 4.69) is 15.1 Å². The molecule has 0 saturated carbocycles. The minimum atomic E-state index is -3.76. The maximum Gasteiger partial charge on any atom is 0.276 e. The molecule has 0 bridgehead atoms. The first-order valence-corrected chi connectivity index (χ1v) is 10.8. The number of hydrogen-bond donors (Lipinski definition) is 2. The number of carbonyl (C=O) groups is 1. The maximum absolute atomic E-state index is 12.9. The molecule has 2 N–H and O–H groups in total. The highest BCUT2D eigenvalue weighted by atomic mass is 32.2. The molecule has 0 unspecified atom stereocenters. The van der Waals surface area contributed by atoms with Gasteiger partial charge in [0.05, 0.1) is 16.0 Å². The summed E-state index contributed by atoms with van der Waals surface area (Å²) in [6.07, 6.45) is 0. The molecule has 4 aromatic rings. The lowest BCUT2D eigenvalue weighted by Gasteiger charge is -2.11. The zero-order valence-electron chi connectivity index (χ0n) is 16.4. The smallest absolute Gasteiger partial charge is 0.276 e. The van der Waals surface area contributed by atoms with Crippen LogP contribution >= 0.6 is 0 Å². The van der Waals surface area contributed by atoms with Gasteiger partial charge < -0.3 is 5.32 Å². The molecule has 8 nitrogen and oxygen atoms in total. The number of hydrogen-bond acceptors (Lipinski definition) is 5. The van der Waals surface area contributed by atoms with Gasteiger partial charge in [-0.1, -0.05) is 42.5 Å². The fourth-order valence-electron chi connectivity index (χ4n) is 3.13. The van der Waals surface area contributed by atoms with E-state index in [4.69, 9.17) is 0 Å². The van der Waals surface area contributed by atoms with Gasteiger partial charge in [-0.05, 0) is 36.4 Å². The Kier molecular flexibility index (Phi) is 5.26. The van der Waals surface area contributed by atoms with Crippen LogP contribution in [0.4, 0.5) is 11.4 Å². The number of anilines is 2. The molecule has 4 rings (SSSR count). The molecular formula is C22H18N4O4S. The molecule has 1 amide bonds. The van der Waals surface area contributed by atoms with Crippen LogP contribution in [0, 0.1) is 0 Å². The Morgan fingerprint density at radius 3 is 2.26 bits per heavy atom. The van der Waals surface area contributed by atoms with Gasteiger partial charge in [0.15, 0.2) is 5.69 Å². The van der Waals surface area contributed by atoms with Crippen molar-refractivity contribution in [2.75, 3.05) is 10.0 Å². The summed E-state index contributed by atoms with van der Waals surface area (Å²) in [5.41, 5.74) is 0.454. The minimum absolute atomic E-state index is 0.0907. The van der Waals surface area contributed by atoms with E-state index in [-0.39, 0.29) is 16.1 Å². The number of aromatic nitrogens is 2. The zero-order chi connectivity index (χ0) is 22.0. The van der Waals surface area contributed by atoms with Crippen molar-refractivity contribution in [1.82, 2.24) is 9.78 Å². The number of carbonyl (C=O) groups excluding carboxylic acids is 1. The topological polar surface area (TPSA) is 110 Å². The van der Waals surface area contributed by atoms with E-state index in [1.165, 1.54) is 25.2 Å². The van der Waals surface area contributed by atoms with E-state index in [0.717, 1.165) is 4.68 Å². The van der Waals surface area contributed by atoms with Gasteiger partial charge >= 0.3 is 0 Å². The highest BCUT2D eigenvalue weighted by molar-refractivity contribution is 7.92. The molecule has 0 saturated heterocycles. The first kappa shape index (κ1) is 20.3. The lowest BCUT2D eigenvalue weighted by Crippen LogP contribution is -2.25. The fraction of sp³-hybridized carbons (Fsp3) is 0.0455. The van der Waals surface area contributed by atoms with E-state index in [1.807, 2.05) is 0 Å². The van der Waals surface area contributed by atoms with E-state index < -0.39 is 15.9 Å². The first-order chi connectivity index (χ1) is 14.8.